The van der Waals surface area contributed by atoms with Crippen LogP contribution in [-0.4, -0.2) is 43.7 Å². The fourth-order valence-electron chi connectivity index (χ4n) is 4.01. The van der Waals surface area contributed by atoms with Gasteiger partial charge in [0.2, 0.25) is 0 Å². The third-order valence-corrected chi connectivity index (χ3v) is 5.75. The van der Waals surface area contributed by atoms with Crippen molar-refractivity contribution in [2.75, 3.05) is 19.7 Å². The number of nitrogens with zero attached hydrogens (tertiary/aromatic N) is 5. The van der Waals surface area contributed by atoms with Crippen molar-refractivity contribution in [1.82, 2.24) is 24.0 Å². The Morgan fingerprint density at radius 1 is 1.22 bits per heavy atom. The SMILES string of the molecule is CC(C)c1cc(=O)n(CC2CCN(Cc3cnc4n3CCOC4)CC2)cn1. The maximum atomic E-state index is 12.3. The van der Waals surface area contributed by atoms with Gasteiger partial charge in [-0.2, -0.15) is 0 Å². The lowest BCUT2D eigenvalue weighted by Gasteiger charge is -2.32. The molecule has 1 fully saturated rings. The molecule has 1 saturated heterocycles. The minimum absolute atomic E-state index is 0.0734. The van der Waals surface area contributed by atoms with Crippen LogP contribution in [0.15, 0.2) is 23.4 Å². The summed E-state index contributed by atoms with van der Waals surface area (Å²) >= 11 is 0. The summed E-state index contributed by atoms with van der Waals surface area (Å²) in [6.45, 7) is 10.3. The van der Waals surface area contributed by atoms with Gasteiger partial charge in [0.1, 0.15) is 12.4 Å². The summed E-state index contributed by atoms with van der Waals surface area (Å²) in [5, 5.41) is 0. The molecule has 0 N–H and O–H groups in total. The Morgan fingerprint density at radius 2 is 2.04 bits per heavy atom. The molecule has 2 aromatic rings. The van der Waals surface area contributed by atoms with Crippen LogP contribution in [0.1, 0.15) is 49.8 Å². The third-order valence-electron chi connectivity index (χ3n) is 5.75. The number of rotatable bonds is 5. The van der Waals surface area contributed by atoms with Gasteiger partial charge in [-0.3, -0.25) is 14.3 Å². The summed E-state index contributed by atoms with van der Waals surface area (Å²) < 4.78 is 9.55. The van der Waals surface area contributed by atoms with E-state index in [-0.39, 0.29) is 11.5 Å². The van der Waals surface area contributed by atoms with Crippen LogP contribution in [0.5, 0.6) is 0 Å². The van der Waals surface area contributed by atoms with Crippen LogP contribution in [-0.2, 0) is 31.0 Å². The molecule has 0 atom stereocenters. The van der Waals surface area contributed by atoms with Crippen LogP contribution >= 0.6 is 0 Å². The Labute approximate surface area is 160 Å². The molecule has 27 heavy (non-hydrogen) atoms. The van der Waals surface area contributed by atoms with E-state index in [0.29, 0.717) is 12.5 Å². The molecule has 0 saturated carbocycles. The van der Waals surface area contributed by atoms with Crippen LogP contribution in [0, 0.1) is 5.92 Å². The molecule has 146 valence electrons. The van der Waals surface area contributed by atoms with Gasteiger partial charge in [0.05, 0.1) is 24.3 Å². The molecule has 0 radical (unpaired) electrons. The zero-order chi connectivity index (χ0) is 18.8. The van der Waals surface area contributed by atoms with Gasteiger partial charge < -0.3 is 9.30 Å². The van der Waals surface area contributed by atoms with Crippen molar-refractivity contribution in [3.63, 3.8) is 0 Å². The van der Waals surface area contributed by atoms with Gasteiger partial charge in [0, 0.05) is 31.9 Å². The number of fused-ring (bicyclic) bond motifs is 1. The molecule has 4 heterocycles. The summed E-state index contributed by atoms with van der Waals surface area (Å²) in [5.74, 6) is 1.87. The number of aromatic nitrogens is 4. The third kappa shape index (κ3) is 4.14. The van der Waals surface area contributed by atoms with Gasteiger partial charge in [0.25, 0.3) is 5.56 Å². The minimum Gasteiger partial charge on any atom is -0.372 e. The monoisotopic (exact) mass is 371 g/mol. The molecular weight excluding hydrogens is 342 g/mol. The number of imidazole rings is 1. The lowest BCUT2D eigenvalue weighted by Crippen LogP contribution is -2.36. The highest BCUT2D eigenvalue weighted by atomic mass is 16.5. The summed E-state index contributed by atoms with van der Waals surface area (Å²) in [5.41, 5.74) is 2.24. The topological polar surface area (TPSA) is 65.2 Å². The van der Waals surface area contributed by atoms with Crippen molar-refractivity contribution in [3.8, 4) is 0 Å². The van der Waals surface area contributed by atoms with E-state index in [1.54, 1.807) is 17.0 Å². The molecule has 0 spiro atoms. The van der Waals surface area contributed by atoms with Crippen molar-refractivity contribution in [3.05, 3.63) is 46.2 Å². The Balaban J connectivity index is 1.32. The first-order valence-corrected chi connectivity index (χ1v) is 10.00. The van der Waals surface area contributed by atoms with E-state index in [1.165, 1.54) is 5.69 Å². The maximum Gasteiger partial charge on any atom is 0.253 e. The fourth-order valence-corrected chi connectivity index (χ4v) is 4.01. The van der Waals surface area contributed by atoms with E-state index in [9.17, 15) is 4.79 Å². The van der Waals surface area contributed by atoms with Crippen LogP contribution < -0.4 is 5.56 Å². The predicted octanol–water partition coefficient (Wildman–Crippen LogP) is 2.01. The van der Waals surface area contributed by atoms with Gasteiger partial charge in [0.15, 0.2) is 0 Å². The van der Waals surface area contributed by atoms with Crippen molar-refractivity contribution in [1.29, 1.82) is 0 Å². The van der Waals surface area contributed by atoms with Crippen LogP contribution in [0.2, 0.25) is 0 Å². The van der Waals surface area contributed by atoms with Crippen LogP contribution in [0.3, 0.4) is 0 Å². The van der Waals surface area contributed by atoms with E-state index < -0.39 is 0 Å². The average Bonchev–Trinajstić information content (AvgIpc) is 3.08. The first-order valence-electron chi connectivity index (χ1n) is 10.00. The summed E-state index contributed by atoms with van der Waals surface area (Å²) in [6.07, 6.45) is 5.95. The van der Waals surface area contributed by atoms with Crippen molar-refractivity contribution >= 4 is 0 Å². The molecule has 4 rings (SSSR count). The second kappa shape index (κ2) is 7.94. The Bertz CT molecular complexity index is 833. The van der Waals surface area contributed by atoms with Crippen LogP contribution in [0.4, 0.5) is 0 Å². The molecule has 7 heteroatoms. The Morgan fingerprint density at radius 3 is 2.78 bits per heavy atom. The maximum absolute atomic E-state index is 12.3. The largest absolute Gasteiger partial charge is 0.372 e. The molecule has 0 bridgehead atoms. The lowest BCUT2D eigenvalue weighted by atomic mass is 9.96. The normalized spacial score (nSPS) is 18.8. The number of likely N-dealkylation sites (tertiary alicyclic amines) is 1. The molecule has 0 unspecified atom stereocenters. The minimum atomic E-state index is 0.0734. The Hall–Kier alpha value is -1.99. The molecule has 0 aromatic carbocycles. The summed E-state index contributed by atoms with van der Waals surface area (Å²) in [6, 6.07) is 1.69. The zero-order valence-electron chi connectivity index (χ0n) is 16.3. The van der Waals surface area contributed by atoms with E-state index in [4.69, 9.17) is 4.74 Å². The number of ether oxygens (including phenoxy) is 1. The zero-order valence-corrected chi connectivity index (χ0v) is 16.3. The fraction of sp³-hybridized carbons (Fsp3) is 0.650. The molecule has 0 amide bonds. The van der Waals surface area contributed by atoms with Crippen molar-refractivity contribution in [2.45, 2.75) is 58.8 Å². The van der Waals surface area contributed by atoms with Gasteiger partial charge in [-0.15, -0.1) is 0 Å². The van der Waals surface area contributed by atoms with Crippen LogP contribution in [0.25, 0.3) is 0 Å². The number of piperidine rings is 1. The second-order valence-corrected chi connectivity index (χ2v) is 8.05. The smallest absolute Gasteiger partial charge is 0.253 e. The Kier molecular flexibility index (Phi) is 5.41. The van der Waals surface area contributed by atoms with Gasteiger partial charge >= 0.3 is 0 Å². The molecule has 2 aliphatic heterocycles. The molecule has 7 nitrogen and oxygen atoms in total. The highest BCUT2D eigenvalue weighted by Crippen LogP contribution is 2.21. The highest BCUT2D eigenvalue weighted by molar-refractivity contribution is 5.07. The molecule has 2 aromatic heterocycles. The second-order valence-electron chi connectivity index (χ2n) is 8.05. The van der Waals surface area contributed by atoms with E-state index in [0.717, 1.165) is 63.7 Å². The van der Waals surface area contributed by atoms with Crippen molar-refractivity contribution in [2.24, 2.45) is 5.92 Å². The van der Waals surface area contributed by atoms with Gasteiger partial charge in [-0.1, -0.05) is 13.8 Å². The first-order chi connectivity index (χ1) is 13.1. The number of hydrogen-bond donors (Lipinski definition) is 0. The highest BCUT2D eigenvalue weighted by Gasteiger charge is 2.22. The molecule has 2 aliphatic rings. The van der Waals surface area contributed by atoms with E-state index >= 15 is 0 Å². The quantitative estimate of drug-likeness (QED) is 0.804. The number of hydrogen-bond acceptors (Lipinski definition) is 5. The molecule has 0 aliphatic carbocycles. The predicted molar refractivity (Wildman–Crippen MR) is 102 cm³/mol. The summed E-state index contributed by atoms with van der Waals surface area (Å²) in [7, 11) is 0. The van der Waals surface area contributed by atoms with Crippen molar-refractivity contribution < 1.29 is 4.74 Å². The lowest BCUT2D eigenvalue weighted by molar-refractivity contribution is 0.0788. The van der Waals surface area contributed by atoms with Gasteiger partial charge in [-0.25, -0.2) is 9.97 Å². The standard InChI is InChI=1S/C20H29N5O2/c1-15(2)18-9-20(26)24(14-22-18)11-16-3-5-23(6-4-16)12-17-10-21-19-13-27-8-7-25(17)19/h9-10,14-16H,3-8,11-13H2,1-2H3. The summed E-state index contributed by atoms with van der Waals surface area (Å²) in [4.78, 5) is 23.8. The van der Waals surface area contributed by atoms with E-state index in [1.807, 2.05) is 6.20 Å². The average molecular weight is 371 g/mol. The first kappa shape index (κ1) is 18.4. The van der Waals surface area contributed by atoms with Gasteiger partial charge in [-0.05, 0) is 37.8 Å². The molecular formula is C20H29N5O2. The van der Waals surface area contributed by atoms with E-state index in [2.05, 4.69) is 33.3 Å².